The van der Waals surface area contributed by atoms with Gasteiger partial charge in [0.1, 0.15) is 0 Å². The lowest BCUT2D eigenvalue weighted by atomic mass is 9.87. The number of unbranched alkanes of at least 4 members (excludes halogenated alkanes) is 10. The van der Waals surface area contributed by atoms with Crippen LogP contribution in [0.5, 0.6) is 0 Å². The van der Waals surface area contributed by atoms with E-state index in [1.165, 1.54) is 0 Å². The summed E-state index contributed by atoms with van der Waals surface area (Å²) in [5, 5.41) is 0. The van der Waals surface area contributed by atoms with Crippen LogP contribution in [0.1, 0.15) is 84.0 Å². The van der Waals surface area contributed by atoms with E-state index in [4.69, 9.17) is 0 Å². The monoisotopic (exact) mass is 602 g/mol. The predicted molar refractivity (Wildman–Crippen MR) is 102 cm³/mol. The molecule has 0 aromatic carbocycles. The Hall–Kier alpha value is -1.19. The molecule has 0 saturated heterocycles. The highest BCUT2D eigenvalue weighted by atomic mass is 19.4. The topological polar surface area (TPSA) is 0 Å². The molecule has 17 heteroatoms. The molecule has 230 valence electrons. The molecule has 0 aromatic rings. The van der Waals surface area contributed by atoms with Gasteiger partial charge in [-0.05, 0) is 6.42 Å². The Bertz CT molecular complexity index is 709. The molecule has 0 bridgehead atoms. The maximum atomic E-state index is 13.8. The SMILES string of the molecule is CCCCCCCCCCCCCC(F)(F)C(F)(F)C(F)(F)C(F)(F)C(F)(F)C(F)(F)C(F)(F)C(F)(F)F. The van der Waals surface area contributed by atoms with Crippen LogP contribution in [-0.4, -0.2) is 47.6 Å². The lowest BCUT2D eigenvalue weighted by Gasteiger charge is -2.42. The Morgan fingerprint density at radius 3 is 0.895 bits per heavy atom. The minimum atomic E-state index is -8.57. The number of hydrogen-bond donors (Lipinski definition) is 0. The van der Waals surface area contributed by atoms with E-state index >= 15 is 0 Å². The molecule has 38 heavy (non-hydrogen) atoms. The number of alkyl halides is 17. The van der Waals surface area contributed by atoms with E-state index in [1.807, 2.05) is 6.92 Å². The maximum Gasteiger partial charge on any atom is 0.460 e. The number of hydrogen-bond acceptors (Lipinski definition) is 0. The maximum absolute atomic E-state index is 13.8. The Labute approximate surface area is 207 Å². The molecule has 0 saturated carbocycles. The van der Waals surface area contributed by atoms with E-state index in [1.54, 1.807) is 0 Å². The highest BCUT2D eigenvalue weighted by Crippen LogP contribution is 2.64. The first-order valence-corrected chi connectivity index (χ1v) is 11.5. The van der Waals surface area contributed by atoms with E-state index in [0.717, 1.165) is 38.5 Å². The van der Waals surface area contributed by atoms with Crippen LogP contribution >= 0.6 is 0 Å². The third-order valence-electron chi connectivity index (χ3n) is 5.88. The number of rotatable bonds is 18. The normalized spacial score (nSPS) is 15.3. The van der Waals surface area contributed by atoms with Gasteiger partial charge >= 0.3 is 47.6 Å². The summed E-state index contributed by atoms with van der Waals surface area (Å²) in [4.78, 5) is 0. The van der Waals surface area contributed by atoms with Gasteiger partial charge in [0.15, 0.2) is 0 Å². The van der Waals surface area contributed by atoms with Gasteiger partial charge in [-0.3, -0.25) is 0 Å². The van der Waals surface area contributed by atoms with Crippen LogP contribution < -0.4 is 0 Å². The van der Waals surface area contributed by atoms with Gasteiger partial charge in [0, 0.05) is 6.42 Å². The van der Waals surface area contributed by atoms with Gasteiger partial charge in [0.25, 0.3) is 0 Å². The van der Waals surface area contributed by atoms with Gasteiger partial charge in [0.05, 0.1) is 0 Å². The van der Waals surface area contributed by atoms with Crippen molar-refractivity contribution in [1.29, 1.82) is 0 Å². The molecule has 0 aliphatic carbocycles. The van der Waals surface area contributed by atoms with Crippen molar-refractivity contribution in [2.45, 2.75) is 132 Å². The molecule has 0 radical (unpaired) electrons. The van der Waals surface area contributed by atoms with E-state index in [2.05, 4.69) is 0 Å². The fourth-order valence-corrected chi connectivity index (χ4v) is 3.36. The lowest BCUT2D eigenvalue weighted by Crippen LogP contribution is -2.74. The highest BCUT2D eigenvalue weighted by Gasteiger charge is 2.95. The third-order valence-corrected chi connectivity index (χ3v) is 5.88. The fourth-order valence-electron chi connectivity index (χ4n) is 3.36. The Balaban J connectivity index is 5.46. The molecule has 0 aliphatic heterocycles. The van der Waals surface area contributed by atoms with Crippen molar-refractivity contribution < 1.29 is 74.6 Å². The molecular formula is C21H27F17. The standard InChI is InChI=1S/C21H27F17/c1-2-3-4-5-6-7-8-9-10-11-12-13-14(22,23)15(24,25)16(26,27)17(28,29)18(30,31)19(32,33)20(34,35)21(36,37)38/h2-13H2,1H3. The van der Waals surface area contributed by atoms with Crippen molar-refractivity contribution >= 4 is 0 Å². The van der Waals surface area contributed by atoms with Gasteiger partial charge in [-0.2, -0.15) is 74.6 Å². The minimum Gasteiger partial charge on any atom is -0.200 e. The molecule has 0 amide bonds. The lowest BCUT2D eigenvalue weighted by molar-refractivity contribution is -0.461. The van der Waals surface area contributed by atoms with Crippen LogP contribution in [0, 0.1) is 0 Å². The quantitative estimate of drug-likeness (QED) is 0.108. The molecule has 0 atom stereocenters. The minimum absolute atomic E-state index is 0.0972. The van der Waals surface area contributed by atoms with Gasteiger partial charge < -0.3 is 0 Å². The first-order chi connectivity index (χ1) is 16.8. The van der Waals surface area contributed by atoms with E-state index in [-0.39, 0.29) is 12.8 Å². The summed E-state index contributed by atoms with van der Waals surface area (Å²) in [5.74, 6) is -55.7. The summed E-state index contributed by atoms with van der Waals surface area (Å²) in [6.07, 6.45) is -4.80. The zero-order chi connectivity index (χ0) is 30.5. The van der Waals surface area contributed by atoms with Gasteiger partial charge in [0.2, 0.25) is 0 Å². The molecule has 0 rings (SSSR count). The molecule has 0 nitrogen and oxygen atoms in total. The summed E-state index contributed by atoms with van der Waals surface area (Å²) in [6.45, 7) is 2.00. The van der Waals surface area contributed by atoms with Crippen molar-refractivity contribution in [3.05, 3.63) is 0 Å². The largest absolute Gasteiger partial charge is 0.460 e. The van der Waals surface area contributed by atoms with E-state index in [0.29, 0.717) is 12.8 Å². The van der Waals surface area contributed by atoms with Crippen LogP contribution in [0.3, 0.4) is 0 Å². The Morgan fingerprint density at radius 1 is 0.316 bits per heavy atom. The van der Waals surface area contributed by atoms with Crippen LogP contribution in [0.2, 0.25) is 0 Å². The summed E-state index contributed by atoms with van der Waals surface area (Å²) >= 11 is 0. The second-order valence-corrected chi connectivity index (χ2v) is 8.93. The molecular weight excluding hydrogens is 575 g/mol. The molecule has 0 spiro atoms. The van der Waals surface area contributed by atoms with Crippen molar-refractivity contribution in [1.82, 2.24) is 0 Å². The zero-order valence-corrected chi connectivity index (χ0v) is 19.9. The summed E-state index contributed by atoms with van der Waals surface area (Å²) in [6, 6.07) is 0. The highest BCUT2D eigenvalue weighted by molar-refractivity contribution is 5.15. The Morgan fingerprint density at radius 2 is 0.579 bits per heavy atom. The fraction of sp³-hybridized carbons (Fsp3) is 1.00. The smallest absolute Gasteiger partial charge is 0.200 e. The number of halogens is 17. The second-order valence-electron chi connectivity index (χ2n) is 8.93. The molecule has 0 aliphatic rings. The first kappa shape index (κ1) is 36.8. The van der Waals surface area contributed by atoms with E-state index < -0.39 is 60.5 Å². The predicted octanol–water partition coefficient (Wildman–Crippen LogP) is 10.7. The van der Waals surface area contributed by atoms with Crippen LogP contribution in [0.15, 0.2) is 0 Å². The molecule has 0 unspecified atom stereocenters. The van der Waals surface area contributed by atoms with Crippen molar-refractivity contribution in [2.75, 3.05) is 0 Å². The Kier molecular flexibility index (Phi) is 12.2. The van der Waals surface area contributed by atoms with Crippen LogP contribution in [-0.2, 0) is 0 Å². The van der Waals surface area contributed by atoms with Gasteiger partial charge in [-0.1, -0.05) is 71.1 Å². The molecule has 0 heterocycles. The summed E-state index contributed by atoms with van der Waals surface area (Å²) in [7, 11) is 0. The van der Waals surface area contributed by atoms with Gasteiger partial charge in [-0.25, -0.2) is 0 Å². The van der Waals surface area contributed by atoms with Crippen molar-refractivity contribution in [3.8, 4) is 0 Å². The average Bonchev–Trinajstić information content (AvgIpc) is 2.75. The molecule has 0 N–H and O–H groups in total. The second kappa shape index (κ2) is 12.5. The third kappa shape index (κ3) is 6.92. The average molecular weight is 602 g/mol. The van der Waals surface area contributed by atoms with Gasteiger partial charge in [-0.15, -0.1) is 0 Å². The summed E-state index contributed by atoms with van der Waals surface area (Å²) in [5.41, 5.74) is 0. The van der Waals surface area contributed by atoms with E-state index in [9.17, 15) is 74.6 Å². The van der Waals surface area contributed by atoms with Crippen molar-refractivity contribution in [2.24, 2.45) is 0 Å². The van der Waals surface area contributed by atoms with Crippen LogP contribution in [0.25, 0.3) is 0 Å². The summed E-state index contributed by atoms with van der Waals surface area (Å²) < 4.78 is 224. The van der Waals surface area contributed by atoms with Crippen molar-refractivity contribution in [3.63, 3.8) is 0 Å². The molecule has 0 fully saturated rings. The van der Waals surface area contributed by atoms with Crippen LogP contribution in [0.4, 0.5) is 74.6 Å². The zero-order valence-electron chi connectivity index (χ0n) is 19.9. The first-order valence-electron chi connectivity index (χ1n) is 11.5. The molecule has 0 aromatic heterocycles.